The minimum absolute atomic E-state index is 0.440. The summed E-state index contributed by atoms with van der Waals surface area (Å²) in [5.41, 5.74) is 8.85. The number of unbranched alkanes of at least 4 members (excludes halogenated alkanes) is 3. The maximum Gasteiger partial charge on any atom is 0.0316 e. The Labute approximate surface area is 129 Å². The molecule has 2 aliphatic rings. The number of likely N-dealkylation sites (tertiary alicyclic amines) is 1. The van der Waals surface area contributed by atoms with Gasteiger partial charge in [0.15, 0.2) is 0 Å². The summed E-state index contributed by atoms with van der Waals surface area (Å²) in [6.45, 7) is 8.56. The van der Waals surface area contributed by atoms with Gasteiger partial charge in [0.25, 0.3) is 0 Å². The Balaban J connectivity index is 1.58. The molecule has 2 atom stereocenters. The van der Waals surface area contributed by atoms with Crippen LogP contribution in [0.2, 0.25) is 0 Å². The summed E-state index contributed by atoms with van der Waals surface area (Å²) in [6.07, 6.45) is 6.76. The van der Waals surface area contributed by atoms with E-state index >= 15 is 0 Å². The van der Waals surface area contributed by atoms with Crippen LogP contribution in [0.3, 0.4) is 0 Å². The molecule has 1 saturated carbocycles. The van der Waals surface area contributed by atoms with Gasteiger partial charge in [-0.2, -0.15) is 0 Å². The van der Waals surface area contributed by atoms with Gasteiger partial charge in [-0.05, 0) is 48.9 Å². The van der Waals surface area contributed by atoms with E-state index in [1.165, 1.54) is 57.3 Å². The highest BCUT2D eigenvalue weighted by atomic mass is 15.2. The van der Waals surface area contributed by atoms with Crippen LogP contribution in [0.1, 0.15) is 51.5 Å². The lowest BCUT2D eigenvalue weighted by atomic mass is 9.87. The van der Waals surface area contributed by atoms with Crippen LogP contribution in [-0.4, -0.2) is 24.5 Å². The number of nitrogen functional groups attached to an aromatic ring is 1. The average Bonchev–Trinajstić information content (AvgIpc) is 2.87. The molecule has 1 aromatic carbocycles. The lowest BCUT2D eigenvalue weighted by Gasteiger charge is -2.26. The smallest absolute Gasteiger partial charge is 0.0316 e. The highest BCUT2D eigenvalue weighted by Gasteiger charge is 2.67. The van der Waals surface area contributed by atoms with Gasteiger partial charge in [0.1, 0.15) is 0 Å². The van der Waals surface area contributed by atoms with E-state index in [2.05, 4.69) is 36.9 Å². The Hall–Kier alpha value is -1.02. The van der Waals surface area contributed by atoms with Crippen molar-refractivity contribution in [2.24, 2.45) is 11.8 Å². The maximum absolute atomic E-state index is 6.00. The van der Waals surface area contributed by atoms with Crippen molar-refractivity contribution in [3.05, 3.63) is 29.8 Å². The zero-order valence-corrected chi connectivity index (χ0v) is 13.6. The fourth-order valence-corrected chi connectivity index (χ4v) is 4.75. The molecule has 0 spiro atoms. The van der Waals surface area contributed by atoms with Gasteiger partial charge in [-0.3, -0.25) is 0 Å². The van der Waals surface area contributed by atoms with Crippen LogP contribution in [0, 0.1) is 11.8 Å². The summed E-state index contributed by atoms with van der Waals surface area (Å²) in [4.78, 5) is 2.70. The molecule has 2 unspecified atom stereocenters. The normalized spacial score (nSPS) is 31.3. The first-order chi connectivity index (χ1) is 10.2. The number of rotatable bonds is 7. The molecule has 0 aromatic heterocycles. The summed E-state index contributed by atoms with van der Waals surface area (Å²) in [7, 11) is 0. The molecular weight excluding hydrogens is 256 g/mol. The Morgan fingerprint density at radius 2 is 1.90 bits per heavy atom. The van der Waals surface area contributed by atoms with Crippen molar-refractivity contribution in [2.75, 3.05) is 25.4 Å². The van der Waals surface area contributed by atoms with E-state index in [1.54, 1.807) is 0 Å². The van der Waals surface area contributed by atoms with Crippen LogP contribution in [-0.2, 0) is 5.41 Å². The largest absolute Gasteiger partial charge is 0.399 e. The number of fused-ring (bicyclic) bond motifs is 1. The van der Waals surface area contributed by atoms with Crippen LogP contribution >= 0.6 is 0 Å². The molecule has 1 aromatic rings. The van der Waals surface area contributed by atoms with Gasteiger partial charge in [-0.25, -0.2) is 0 Å². The summed E-state index contributed by atoms with van der Waals surface area (Å²) in [5, 5.41) is 0. The highest BCUT2D eigenvalue weighted by molar-refractivity contribution is 5.48. The van der Waals surface area contributed by atoms with Crippen LogP contribution in [0.25, 0.3) is 0 Å². The van der Waals surface area contributed by atoms with E-state index < -0.39 is 0 Å². The van der Waals surface area contributed by atoms with E-state index in [1.807, 2.05) is 6.07 Å². The summed E-state index contributed by atoms with van der Waals surface area (Å²) in [5.74, 6) is 1.74. The molecule has 3 rings (SSSR count). The molecule has 1 heterocycles. The summed E-state index contributed by atoms with van der Waals surface area (Å²) < 4.78 is 0. The molecule has 2 N–H and O–H groups in total. The first-order valence-electron chi connectivity index (χ1n) is 8.80. The van der Waals surface area contributed by atoms with Crippen LogP contribution < -0.4 is 5.73 Å². The van der Waals surface area contributed by atoms with E-state index in [-0.39, 0.29) is 0 Å². The van der Waals surface area contributed by atoms with Crippen LogP contribution in [0.15, 0.2) is 24.3 Å². The van der Waals surface area contributed by atoms with Gasteiger partial charge in [0.05, 0.1) is 0 Å². The van der Waals surface area contributed by atoms with Gasteiger partial charge in [0.2, 0.25) is 0 Å². The predicted octanol–water partition coefficient (Wildman–Crippen LogP) is 4.06. The van der Waals surface area contributed by atoms with Crippen molar-refractivity contribution >= 4 is 5.69 Å². The van der Waals surface area contributed by atoms with Crippen LogP contribution in [0.4, 0.5) is 5.69 Å². The quantitative estimate of drug-likeness (QED) is 0.605. The van der Waals surface area contributed by atoms with Crippen molar-refractivity contribution in [3.63, 3.8) is 0 Å². The van der Waals surface area contributed by atoms with Crippen molar-refractivity contribution < 1.29 is 0 Å². The molecule has 2 fully saturated rings. The van der Waals surface area contributed by atoms with Gasteiger partial charge in [-0.15, -0.1) is 0 Å². The first kappa shape index (κ1) is 14.9. The van der Waals surface area contributed by atoms with Gasteiger partial charge < -0.3 is 10.6 Å². The fraction of sp³-hybridized carbons (Fsp3) is 0.684. The van der Waals surface area contributed by atoms with Crippen molar-refractivity contribution in [1.82, 2.24) is 4.90 Å². The molecule has 1 aliphatic heterocycles. The molecule has 1 saturated heterocycles. The van der Waals surface area contributed by atoms with E-state index in [0.29, 0.717) is 5.41 Å². The van der Waals surface area contributed by atoms with Crippen molar-refractivity contribution in [1.29, 1.82) is 0 Å². The molecule has 21 heavy (non-hydrogen) atoms. The standard InChI is InChI=1S/C19H30N2/c1-3-5-6-7-11-21-13-17-18(14-21)19(17,4-2)15-9-8-10-16(20)12-15/h8-10,12,17-18H,3-7,11,13-14,20H2,1-2H3. The van der Waals surface area contributed by atoms with Gasteiger partial charge in [-0.1, -0.05) is 45.2 Å². The molecule has 116 valence electrons. The number of benzene rings is 1. The SMILES string of the molecule is CCCCCCN1CC2C(C1)C2(CC)c1cccc(N)c1. The number of hydrogen-bond donors (Lipinski definition) is 1. The molecule has 0 radical (unpaired) electrons. The minimum Gasteiger partial charge on any atom is -0.399 e. The Kier molecular flexibility index (Phi) is 4.26. The highest BCUT2D eigenvalue weighted by Crippen LogP contribution is 2.65. The summed E-state index contributed by atoms with van der Waals surface area (Å²) >= 11 is 0. The van der Waals surface area contributed by atoms with Crippen molar-refractivity contribution in [2.45, 2.75) is 51.4 Å². The number of nitrogens with zero attached hydrogens (tertiary/aromatic N) is 1. The molecule has 0 amide bonds. The number of piperidine rings is 1. The van der Waals surface area contributed by atoms with E-state index in [4.69, 9.17) is 5.73 Å². The molecule has 2 heteroatoms. The number of nitrogens with two attached hydrogens (primary N) is 1. The van der Waals surface area contributed by atoms with E-state index in [9.17, 15) is 0 Å². The third-order valence-electron chi connectivity index (χ3n) is 5.95. The number of hydrogen-bond acceptors (Lipinski definition) is 2. The zero-order valence-electron chi connectivity index (χ0n) is 13.6. The topological polar surface area (TPSA) is 29.3 Å². The Bertz CT molecular complexity index is 470. The minimum atomic E-state index is 0.440. The third-order valence-corrected chi connectivity index (χ3v) is 5.95. The second kappa shape index (κ2) is 6.00. The lowest BCUT2D eigenvalue weighted by molar-refractivity contribution is 0.263. The Morgan fingerprint density at radius 3 is 2.52 bits per heavy atom. The third kappa shape index (κ3) is 2.59. The van der Waals surface area contributed by atoms with E-state index in [0.717, 1.165) is 17.5 Å². The lowest BCUT2D eigenvalue weighted by Crippen LogP contribution is -2.31. The predicted molar refractivity (Wildman–Crippen MR) is 90.4 cm³/mol. The van der Waals surface area contributed by atoms with Crippen molar-refractivity contribution in [3.8, 4) is 0 Å². The number of anilines is 1. The second-order valence-electron chi connectivity index (χ2n) is 7.05. The first-order valence-corrected chi connectivity index (χ1v) is 8.80. The van der Waals surface area contributed by atoms with Gasteiger partial charge >= 0.3 is 0 Å². The fourth-order valence-electron chi connectivity index (χ4n) is 4.75. The van der Waals surface area contributed by atoms with Gasteiger partial charge in [0, 0.05) is 24.2 Å². The molecule has 0 bridgehead atoms. The zero-order chi connectivity index (χ0) is 14.9. The van der Waals surface area contributed by atoms with Crippen LogP contribution in [0.5, 0.6) is 0 Å². The molecule has 2 nitrogen and oxygen atoms in total. The molecule has 1 aliphatic carbocycles. The second-order valence-corrected chi connectivity index (χ2v) is 7.05. The summed E-state index contributed by atoms with van der Waals surface area (Å²) in [6, 6.07) is 8.64. The monoisotopic (exact) mass is 286 g/mol. The average molecular weight is 286 g/mol. The maximum atomic E-state index is 6.00. The Morgan fingerprint density at radius 1 is 1.14 bits per heavy atom. The molecular formula is C19H30N2.